The molecule has 23 heavy (non-hydrogen) atoms. The summed E-state index contributed by atoms with van der Waals surface area (Å²) in [4.78, 5) is 25.8. The molecule has 1 unspecified atom stereocenters. The summed E-state index contributed by atoms with van der Waals surface area (Å²) in [5.74, 6) is -0.739. The number of fused-ring (bicyclic) bond motifs is 1. The number of nitrogens with zero attached hydrogens (tertiary/aromatic N) is 1. The molecule has 0 spiro atoms. The van der Waals surface area contributed by atoms with E-state index in [2.05, 4.69) is 0 Å². The van der Waals surface area contributed by atoms with Gasteiger partial charge in [0.05, 0.1) is 6.61 Å². The van der Waals surface area contributed by atoms with E-state index in [1.54, 1.807) is 0 Å². The van der Waals surface area contributed by atoms with Gasteiger partial charge in [-0.1, -0.05) is 0 Å². The van der Waals surface area contributed by atoms with Gasteiger partial charge in [-0.15, -0.1) is 0 Å². The van der Waals surface area contributed by atoms with Crippen molar-refractivity contribution in [1.29, 1.82) is 0 Å². The molecule has 0 bridgehead atoms. The number of rotatable bonds is 4. The minimum absolute atomic E-state index is 0.0360. The molecule has 2 aliphatic rings. The molecule has 1 saturated heterocycles. The van der Waals surface area contributed by atoms with Crippen molar-refractivity contribution < 1.29 is 23.1 Å². The van der Waals surface area contributed by atoms with Crippen molar-refractivity contribution >= 4 is 22.8 Å². The molecule has 0 radical (unpaired) electrons. The standard InChI is InChI=1S/C17H16FNO4/c18-12-1-4-14-11(6-12)7-15(23-14)17(21)22-9-10-5-16(20)19(8-10)13-2-3-13/h1,4,6-7,10,13H,2-3,5,8-9H2. The molecule has 2 fully saturated rings. The minimum atomic E-state index is -0.584. The lowest BCUT2D eigenvalue weighted by Crippen LogP contribution is -2.27. The second-order valence-electron chi connectivity index (χ2n) is 6.24. The van der Waals surface area contributed by atoms with Gasteiger partial charge in [0.25, 0.3) is 0 Å². The molecule has 1 aliphatic heterocycles. The van der Waals surface area contributed by atoms with Gasteiger partial charge in [-0.2, -0.15) is 0 Å². The number of halogens is 1. The predicted molar refractivity (Wildman–Crippen MR) is 79.3 cm³/mol. The first-order valence-electron chi connectivity index (χ1n) is 7.76. The van der Waals surface area contributed by atoms with Gasteiger partial charge in [0.15, 0.2) is 0 Å². The fourth-order valence-electron chi connectivity index (χ4n) is 3.04. The first kappa shape index (κ1) is 14.2. The third kappa shape index (κ3) is 2.81. The van der Waals surface area contributed by atoms with E-state index in [1.807, 2.05) is 4.90 Å². The number of esters is 1. The number of carbonyl (C=O) groups excluding carboxylic acids is 2. The lowest BCUT2D eigenvalue weighted by molar-refractivity contribution is -0.128. The van der Waals surface area contributed by atoms with E-state index in [1.165, 1.54) is 24.3 Å². The number of ether oxygens (including phenoxy) is 1. The van der Waals surface area contributed by atoms with Crippen LogP contribution in [-0.4, -0.2) is 36.0 Å². The highest BCUT2D eigenvalue weighted by Crippen LogP contribution is 2.32. The molecule has 1 aliphatic carbocycles. The van der Waals surface area contributed by atoms with Crippen LogP contribution >= 0.6 is 0 Å². The highest BCUT2D eigenvalue weighted by molar-refractivity contribution is 5.92. The first-order chi connectivity index (χ1) is 11.1. The average molecular weight is 317 g/mol. The molecular weight excluding hydrogens is 301 g/mol. The summed E-state index contributed by atoms with van der Waals surface area (Å²) in [5, 5.41) is 0.521. The number of furan rings is 1. The normalized spacial score (nSPS) is 21.2. The Morgan fingerprint density at radius 2 is 2.17 bits per heavy atom. The summed E-state index contributed by atoms with van der Waals surface area (Å²) in [6.07, 6.45) is 2.58. The molecule has 5 nitrogen and oxygen atoms in total. The molecule has 2 aromatic rings. The predicted octanol–water partition coefficient (Wildman–Crippen LogP) is 2.74. The Morgan fingerprint density at radius 3 is 2.96 bits per heavy atom. The van der Waals surface area contributed by atoms with Gasteiger partial charge < -0.3 is 14.1 Å². The Hall–Kier alpha value is -2.37. The summed E-state index contributed by atoms with van der Waals surface area (Å²) < 4.78 is 23.8. The van der Waals surface area contributed by atoms with E-state index >= 15 is 0 Å². The number of likely N-dealkylation sites (tertiary alicyclic amines) is 1. The third-order valence-corrected chi connectivity index (χ3v) is 4.36. The van der Waals surface area contributed by atoms with Gasteiger partial charge in [-0.25, -0.2) is 9.18 Å². The van der Waals surface area contributed by atoms with Gasteiger partial charge in [0.1, 0.15) is 11.4 Å². The Morgan fingerprint density at radius 1 is 1.35 bits per heavy atom. The minimum Gasteiger partial charge on any atom is -0.459 e. The van der Waals surface area contributed by atoms with Gasteiger partial charge in [-0.3, -0.25) is 4.79 Å². The van der Waals surface area contributed by atoms with Gasteiger partial charge in [-0.05, 0) is 37.1 Å². The molecule has 0 N–H and O–H groups in total. The number of amides is 1. The molecule has 120 valence electrons. The Balaban J connectivity index is 1.38. The van der Waals surface area contributed by atoms with Crippen LogP contribution in [0.5, 0.6) is 0 Å². The number of benzene rings is 1. The van der Waals surface area contributed by atoms with E-state index in [-0.39, 0.29) is 30.0 Å². The van der Waals surface area contributed by atoms with Crippen LogP contribution in [0, 0.1) is 11.7 Å². The number of carbonyl (C=O) groups is 2. The maximum atomic E-state index is 13.1. The molecule has 6 heteroatoms. The Kier molecular flexibility index (Phi) is 3.32. The monoisotopic (exact) mass is 317 g/mol. The number of hydrogen-bond donors (Lipinski definition) is 0. The van der Waals surface area contributed by atoms with E-state index in [0.717, 1.165) is 12.8 Å². The van der Waals surface area contributed by atoms with Crippen molar-refractivity contribution in [2.75, 3.05) is 13.2 Å². The van der Waals surface area contributed by atoms with Crippen LogP contribution in [0.3, 0.4) is 0 Å². The zero-order chi connectivity index (χ0) is 16.0. The summed E-state index contributed by atoms with van der Waals surface area (Å²) in [6.45, 7) is 0.849. The molecule has 4 rings (SSSR count). The first-order valence-corrected chi connectivity index (χ1v) is 7.76. The fourth-order valence-corrected chi connectivity index (χ4v) is 3.04. The maximum Gasteiger partial charge on any atom is 0.374 e. The van der Waals surface area contributed by atoms with Crippen molar-refractivity contribution in [3.63, 3.8) is 0 Å². The highest BCUT2D eigenvalue weighted by atomic mass is 19.1. The SMILES string of the molecule is O=C(OCC1CC(=O)N(C2CC2)C1)c1cc2cc(F)ccc2o1. The van der Waals surface area contributed by atoms with Crippen LogP contribution in [0.1, 0.15) is 29.8 Å². The molecule has 1 saturated carbocycles. The Bertz CT molecular complexity index is 780. The van der Waals surface area contributed by atoms with Crippen molar-refractivity contribution in [3.05, 3.63) is 35.8 Å². The quantitative estimate of drug-likeness (QED) is 0.814. The Labute approximate surface area is 132 Å². The van der Waals surface area contributed by atoms with Crippen LogP contribution in [-0.2, 0) is 9.53 Å². The molecule has 1 aromatic heterocycles. The van der Waals surface area contributed by atoms with Gasteiger partial charge >= 0.3 is 5.97 Å². The zero-order valence-electron chi connectivity index (χ0n) is 12.5. The lowest BCUT2D eigenvalue weighted by Gasteiger charge is -2.15. The van der Waals surface area contributed by atoms with Gasteiger partial charge in [0, 0.05) is 30.3 Å². The second-order valence-corrected chi connectivity index (χ2v) is 6.24. The van der Waals surface area contributed by atoms with E-state index in [0.29, 0.717) is 30.0 Å². The molecular formula is C17H16FNO4. The van der Waals surface area contributed by atoms with Crippen LogP contribution < -0.4 is 0 Å². The largest absolute Gasteiger partial charge is 0.459 e. The smallest absolute Gasteiger partial charge is 0.374 e. The van der Waals surface area contributed by atoms with Crippen LogP contribution in [0.2, 0.25) is 0 Å². The summed E-state index contributed by atoms with van der Waals surface area (Å²) in [5.41, 5.74) is 0.439. The van der Waals surface area contributed by atoms with Crippen molar-refractivity contribution in [2.45, 2.75) is 25.3 Å². The second kappa shape index (κ2) is 5.37. The maximum absolute atomic E-state index is 13.1. The van der Waals surface area contributed by atoms with Gasteiger partial charge in [0.2, 0.25) is 11.7 Å². The van der Waals surface area contributed by atoms with Crippen LogP contribution in [0.4, 0.5) is 4.39 Å². The van der Waals surface area contributed by atoms with E-state index in [4.69, 9.17) is 9.15 Å². The third-order valence-electron chi connectivity index (χ3n) is 4.36. The lowest BCUT2D eigenvalue weighted by atomic mass is 10.1. The summed E-state index contributed by atoms with van der Waals surface area (Å²) >= 11 is 0. The highest BCUT2D eigenvalue weighted by Gasteiger charge is 2.39. The molecule has 1 aromatic carbocycles. The molecule has 1 atom stereocenters. The van der Waals surface area contributed by atoms with Crippen molar-refractivity contribution in [2.24, 2.45) is 5.92 Å². The van der Waals surface area contributed by atoms with Crippen LogP contribution in [0.25, 0.3) is 11.0 Å². The van der Waals surface area contributed by atoms with Crippen molar-refractivity contribution in [1.82, 2.24) is 4.90 Å². The van der Waals surface area contributed by atoms with Crippen LogP contribution in [0.15, 0.2) is 28.7 Å². The van der Waals surface area contributed by atoms with Crippen molar-refractivity contribution in [3.8, 4) is 0 Å². The van der Waals surface area contributed by atoms with E-state index in [9.17, 15) is 14.0 Å². The molecule has 1 amide bonds. The summed E-state index contributed by atoms with van der Waals surface area (Å²) in [7, 11) is 0. The average Bonchev–Trinajstić information content (AvgIpc) is 3.17. The summed E-state index contributed by atoms with van der Waals surface area (Å²) in [6, 6.07) is 5.92. The molecule has 2 heterocycles. The topological polar surface area (TPSA) is 59.8 Å². The zero-order valence-corrected chi connectivity index (χ0v) is 12.5. The number of hydrogen-bond acceptors (Lipinski definition) is 4. The fraction of sp³-hybridized carbons (Fsp3) is 0.412. The van der Waals surface area contributed by atoms with E-state index < -0.39 is 5.97 Å².